The highest BCUT2D eigenvalue weighted by atomic mass is 35.5. The first-order chi connectivity index (χ1) is 10.2. The summed E-state index contributed by atoms with van der Waals surface area (Å²) in [7, 11) is 1.59. The van der Waals surface area contributed by atoms with Crippen LogP contribution in [-0.4, -0.2) is 19.2 Å². The molecule has 0 fully saturated rings. The number of hydrogen-bond donors (Lipinski definition) is 1. The molecule has 0 unspecified atom stereocenters. The van der Waals surface area contributed by atoms with Gasteiger partial charge in [0.1, 0.15) is 5.75 Å². The fraction of sp³-hybridized carbons (Fsp3) is 0.125. The summed E-state index contributed by atoms with van der Waals surface area (Å²) in [5.74, 6) is 0.511. The number of nitrogens with one attached hydrogen (secondary N) is 1. The zero-order valence-electron chi connectivity index (χ0n) is 11.5. The van der Waals surface area contributed by atoms with Crippen molar-refractivity contribution in [3.05, 3.63) is 64.7 Å². The second-order valence-corrected chi connectivity index (χ2v) is 4.77. The summed E-state index contributed by atoms with van der Waals surface area (Å²) in [5.41, 5.74) is 4.16. The summed E-state index contributed by atoms with van der Waals surface area (Å²) in [4.78, 5) is 11.8. The Balaban J connectivity index is 1.91. The van der Waals surface area contributed by atoms with Crippen molar-refractivity contribution >= 4 is 23.7 Å². The second-order valence-electron chi connectivity index (χ2n) is 4.34. The van der Waals surface area contributed by atoms with Gasteiger partial charge < -0.3 is 4.74 Å². The summed E-state index contributed by atoms with van der Waals surface area (Å²) in [6.45, 7) is 0. The maximum atomic E-state index is 11.8. The van der Waals surface area contributed by atoms with Gasteiger partial charge in [-0.25, -0.2) is 5.43 Å². The van der Waals surface area contributed by atoms with E-state index in [1.54, 1.807) is 25.5 Å². The van der Waals surface area contributed by atoms with E-state index in [0.717, 1.165) is 11.1 Å². The van der Waals surface area contributed by atoms with Crippen molar-refractivity contribution in [1.82, 2.24) is 5.43 Å². The van der Waals surface area contributed by atoms with Crippen molar-refractivity contribution in [2.24, 2.45) is 5.10 Å². The molecule has 2 rings (SSSR count). The molecule has 5 heteroatoms. The lowest BCUT2D eigenvalue weighted by atomic mass is 10.1. The lowest BCUT2D eigenvalue weighted by Crippen LogP contribution is -2.19. The Labute approximate surface area is 128 Å². The van der Waals surface area contributed by atoms with Crippen molar-refractivity contribution in [1.29, 1.82) is 0 Å². The number of rotatable bonds is 5. The van der Waals surface area contributed by atoms with Gasteiger partial charge in [-0.3, -0.25) is 4.79 Å². The third-order valence-corrected chi connectivity index (χ3v) is 3.06. The van der Waals surface area contributed by atoms with E-state index in [9.17, 15) is 4.79 Å². The molecule has 0 atom stereocenters. The third-order valence-electron chi connectivity index (χ3n) is 2.81. The Morgan fingerprint density at radius 1 is 1.24 bits per heavy atom. The standard InChI is InChI=1S/C16H15ClN2O2/c1-21-15-5-3-2-4-13(15)11-18-19-16(20)10-12-6-8-14(17)9-7-12/h2-9,11H,10H2,1H3,(H,19,20)/b18-11+. The van der Waals surface area contributed by atoms with Gasteiger partial charge in [0, 0.05) is 10.6 Å². The maximum absolute atomic E-state index is 11.8. The van der Waals surface area contributed by atoms with Crippen LogP contribution in [-0.2, 0) is 11.2 Å². The lowest BCUT2D eigenvalue weighted by Gasteiger charge is -2.03. The van der Waals surface area contributed by atoms with Gasteiger partial charge in [-0.15, -0.1) is 0 Å². The highest BCUT2D eigenvalue weighted by Crippen LogP contribution is 2.14. The van der Waals surface area contributed by atoms with Gasteiger partial charge in [-0.05, 0) is 29.8 Å². The van der Waals surface area contributed by atoms with Crippen LogP contribution in [0.5, 0.6) is 5.75 Å². The van der Waals surface area contributed by atoms with Crippen LogP contribution in [0.4, 0.5) is 0 Å². The van der Waals surface area contributed by atoms with Crippen LogP contribution in [0.2, 0.25) is 5.02 Å². The molecule has 0 saturated carbocycles. The van der Waals surface area contributed by atoms with E-state index < -0.39 is 0 Å². The number of benzene rings is 2. The number of ether oxygens (including phenoxy) is 1. The molecule has 0 saturated heterocycles. The number of hydrogen-bond acceptors (Lipinski definition) is 3. The van der Waals surface area contributed by atoms with Crippen LogP contribution >= 0.6 is 11.6 Å². The highest BCUT2D eigenvalue weighted by molar-refractivity contribution is 6.30. The predicted molar refractivity (Wildman–Crippen MR) is 83.9 cm³/mol. The molecule has 0 aromatic heterocycles. The van der Waals surface area contributed by atoms with E-state index >= 15 is 0 Å². The SMILES string of the molecule is COc1ccccc1/C=N/NC(=O)Cc1ccc(Cl)cc1. The van der Waals surface area contributed by atoms with E-state index in [2.05, 4.69) is 10.5 Å². The number of hydrazone groups is 1. The largest absolute Gasteiger partial charge is 0.496 e. The number of methoxy groups -OCH3 is 1. The Kier molecular flexibility index (Phi) is 5.35. The summed E-state index contributed by atoms with van der Waals surface area (Å²) in [5, 5.41) is 4.58. The van der Waals surface area contributed by atoms with Crippen LogP contribution in [0, 0.1) is 0 Å². The van der Waals surface area contributed by atoms with Crippen LogP contribution in [0.15, 0.2) is 53.6 Å². The average Bonchev–Trinajstić information content (AvgIpc) is 2.50. The molecule has 1 N–H and O–H groups in total. The topological polar surface area (TPSA) is 50.7 Å². The van der Waals surface area contributed by atoms with Crippen LogP contribution < -0.4 is 10.2 Å². The highest BCUT2D eigenvalue weighted by Gasteiger charge is 2.02. The van der Waals surface area contributed by atoms with Gasteiger partial charge in [0.05, 0.1) is 19.7 Å². The van der Waals surface area contributed by atoms with Crippen LogP contribution in [0.25, 0.3) is 0 Å². The number of carbonyl (C=O) groups excluding carboxylic acids is 1. The quantitative estimate of drug-likeness (QED) is 0.682. The molecule has 0 bridgehead atoms. The molecule has 1 amide bonds. The van der Waals surface area contributed by atoms with E-state index in [1.165, 1.54) is 0 Å². The first-order valence-electron chi connectivity index (χ1n) is 6.38. The van der Waals surface area contributed by atoms with Gasteiger partial charge in [0.2, 0.25) is 5.91 Å². The summed E-state index contributed by atoms with van der Waals surface area (Å²) < 4.78 is 5.19. The van der Waals surface area contributed by atoms with Crippen LogP contribution in [0.1, 0.15) is 11.1 Å². The molecule has 0 heterocycles. The first kappa shape index (κ1) is 15.1. The number of carbonyl (C=O) groups is 1. The zero-order chi connectivity index (χ0) is 15.1. The zero-order valence-corrected chi connectivity index (χ0v) is 12.3. The monoisotopic (exact) mass is 302 g/mol. The summed E-state index contributed by atoms with van der Waals surface area (Å²) in [6.07, 6.45) is 1.80. The van der Waals surface area contributed by atoms with Crippen molar-refractivity contribution in [2.75, 3.05) is 7.11 Å². The normalized spacial score (nSPS) is 10.6. The minimum Gasteiger partial charge on any atom is -0.496 e. The van der Waals surface area contributed by atoms with Gasteiger partial charge in [-0.1, -0.05) is 35.9 Å². The molecule has 2 aromatic rings. The predicted octanol–water partition coefficient (Wildman–Crippen LogP) is 3.04. The second kappa shape index (κ2) is 7.45. The van der Waals surface area contributed by atoms with Crippen molar-refractivity contribution in [3.8, 4) is 5.75 Å². The summed E-state index contributed by atoms with van der Waals surface area (Å²) >= 11 is 5.79. The molecule has 0 aliphatic heterocycles. The lowest BCUT2D eigenvalue weighted by molar-refractivity contribution is -0.120. The molecular formula is C16H15ClN2O2. The molecule has 108 valence electrons. The fourth-order valence-electron chi connectivity index (χ4n) is 1.77. The third kappa shape index (κ3) is 4.61. The first-order valence-corrected chi connectivity index (χ1v) is 6.76. The molecule has 4 nitrogen and oxygen atoms in total. The fourth-order valence-corrected chi connectivity index (χ4v) is 1.90. The van der Waals surface area contributed by atoms with Gasteiger partial charge in [0.15, 0.2) is 0 Å². The molecule has 0 aliphatic rings. The number of amides is 1. The van der Waals surface area contributed by atoms with Crippen molar-refractivity contribution in [2.45, 2.75) is 6.42 Å². The minimum absolute atomic E-state index is 0.191. The van der Waals surface area contributed by atoms with E-state index in [1.807, 2.05) is 36.4 Å². The molecule has 21 heavy (non-hydrogen) atoms. The van der Waals surface area contributed by atoms with Crippen molar-refractivity contribution in [3.63, 3.8) is 0 Å². The Bertz CT molecular complexity index is 639. The summed E-state index contributed by atoms with van der Waals surface area (Å²) in [6, 6.07) is 14.6. The Morgan fingerprint density at radius 3 is 2.67 bits per heavy atom. The van der Waals surface area contributed by atoms with Crippen molar-refractivity contribution < 1.29 is 9.53 Å². The molecule has 2 aromatic carbocycles. The van der Waals surface area contributed by atoms with E-state index in [-0.39, 0.29) is 12.3 Å². The molecule has 0 aliphatic carbocycles. The number of halogens is 1. The van der Waals surface area contributed by atoms with E-state index in [4.69, 9.17) is 16.3 Å². The van der Waals surface area contributed by atoms with Crippen LogP contribution in [0.3, 0.4) is 0 Å². The minimum atomic E-state index is -0.191. The van der Waals surface area contributed by atoms with Gasteiger partial charge >= 0.3 is 0 Å². The van der Waals surface area contributed by atoms with Gasteiger partial charge in [-0.2, -0.15) is 5.10 Å². The Morgan fingerprint density at radius 2 is 1.95 bits per heavy atom. The number of para-hydroxylation sites is 1. The number of nitrogens with zero attached hydrogens (tertiary/aromatic N) is 1. The molecule has 0 radical (unpaired) electrons. The average molecular weight is 303 g/mol. The maximum Gasteiger partial charge on any atom is 0.244 e. The molecular weight excluding hydrogens is 288 g/mol. The molecule has 0 spiro atoms. The smallest absolute Gasteiger partial charge is 0.244 e. The van der Waals surface area contributed by atoms with E-state index in [0.29, 0.717) is 10.8 Å². The van der Waals surface area contributed by atoms with Gasteiger partial charge in [0.25, 0.3) is 0 Å². The Hall–Kier alpha value is -2.33.